The highest BCUT2D eigenvalue weighted by molar-refractivity contribution is 5.25. The largest absolute Gasteiger partial charge is 0.303 e. The molecular weight excluding hydrogens is 378 g/mol. The minimum absolute atomic E-state index is 0.0114. The summed E-state index contributed by atoms with van der Waals surface area (Å²) in [5, 5.41) is 3.76. The Bertz CT molecular complexity index is 713. The van der Waals surface area contributed by atoms with Crippen LogP contribution in [0, 0.1) is 0 Å². The van der Waals surface area contributed by atoms with E-state index in [0.717, 1.165) is 0 Å². The zero-order valence-electron chi connectivity index (χ0n) is 19.0. The zero-order chi connectivity index (χ0) is 21.8. The monoisotopic (exact) mass is 413 g/mol. The van der Waals surface area contributed by atoms with Crippen molar-refractivity contribution in [2.45, 2.75) is 83.5 Å². The Morgan fingerprint density at radius 2 is 1.03 bits per heavy atom. The first-order chi connectivity index (χ1) is 14.1. The van der Waals surface area contributed by atoms with E-state index in [-0.39, 0.29) is 12.1 Å². The number of benzene rings is 2. The molecule has 0 saturated carbocycles. The van der Waals surface area contributed by atoms with E-state index in [1.807, 2.05) is 77.9 Å². The summed E-state index contributed by atoms with van der Waals surface area (Å²) in [4.78, 5) is 23.6. The van der Waals surface area contributed by atoms with E-state index in [9.17, 15) is 0 Å². The Morgan fingerprint density at radius 1 is 0.667 bits per heavy atom. The van der Waals surface area contributed by atoms with Gasteiger partial charge in [0.05, 0.1) is 11.2 Å². The predicted octanol–water partition coefficient (Wildman–Crippen LogP) is 6.04. The highest BCUT2D eigenvalue weighted by Gasteiger charge is 2.47. The quantitative estimate of drug-likeness (QED) is 0.355. The number of nitrogens with one attached hydrogen (secondary N) is 1. The van der Waals surface area contributed by atoms with Crippen LogP contribution in [0.3, 0.4) is 0 Å². The van der Waals surface area contributed by atoms with Crippen molar-refractivity contribution in [2.75, 3.05) is 0 Å². The van der Waals surface area contributed by atoms with Crippen molar-refractivity contribution in [3.05, 3.63) is 71.8 Å². The normalized spacial score (nSPS) is 22.1. The van der Waals surface area contributed by atoms with Crippen molar-refractivity contribution in [3.63, 3.8) is 0 Å². The van der Waals surface area contributed by atoms with Crippen LogP contribution in [0.1, 0.15) is 77.6 Å². The lowest BCUT2D eigenvalue weighted by atomic mass is 9.86. The van der Waals surface area contributed by atoms with Gasteiger partial charge in [-0.1, -0.05) is 60.7 Å². The van der Waals surface area contributed by atoms with Crippen LogP contribution in [0.15, 0.2) is 60.7 Å². The van der Waals surface area contributed by atoms with E-state index in [1.165, 1.54) is 11.1 Å². The lowest BCUT2D eigenvalue weighted by Gasteiger charge is -2.44. The summed E-state index contributed by atoms with van der Waals surface area (Å²) in [6, 6.07) is 20.7. The van der Waals surface area contributed by atoms with Crippen molar-refractivity contribution in [1.29, 1.82) is 0 Å². The van der Waals surface area contributed by atoms with E-state index in [2.05, 4.69) is 29.6 Å². The Balaban J connectivity index is 1.95. The van der Waals surface area contributed by atoms with Gasteiger partial charge in [0, 0.05) is 24.9 Å². The molecule has 0 radical (unpaired) electrons. The fourth-order valence-electron chi connectivity index (χ4n) is 3.42. The van der Waals surface area contributed by atoms with Crippen LogP contribution in [0.2, 0.25) is 0 Å². The first-order valence-electron chi connectivity index (χ1n) is 10.6. The first kappa shape index (κ1) is 22.9. The van der Waals surface area contributed by atoms with E-state index in [0.29, 0.717) is 12.8 Å². The number of rotatable bonds is 6. The molecule has 2 atom stereocenters. The van der Waals surface area contributed by atoms with E-state index in [4.69, 9.17) is 19.6 Å². The molecule has 5 nitrogen and oxygen atoms in total. The topological polar surface area (TPSA) is 49.0 Å². The van der Waals surface area contributed by atoms with Crippen LogP contribution in [-0.4, -0.2) is 17.0 Å². The SMILES string of the molecule is CC(C)(C)OOC1(OOC(C)(C)C)CC(c2ccccc2)NC(c2ccccc2)C1. The summed E-state index contributed by atoms with van der Waals surface area (Å²) >= 11 is 0. The van der Waals surface area contributed by atoms with Crippen LogP contribution in [-0.2, 0) is 19.6 Å². The molecule has 0 aromatic heterocycles. The second-order valence-corrected chi connectivity index (χ2v) is 9.97. The molecule has 5 heteroatoms. The highest BCUT2D eigenvalue weighted by atomic mass is 17.3. The van der Waals surface area contributed by atoms with Gasteiger partial charge in [0.25, 0.3) is 0 Å². The second kappa shape index (κ2) is 9.16. The van der Waals surface area contributed by atoms with Gasteiger partial charge in [-0.3, -0.25) is 0 Å². The lowest BCUT2D eigenvalue weighted by molar-refractivity contribution is -0.547. The van der Waals surface area contributed by atoms with Gasteiger partial charge in [-0.05, 0) is 52.7 Å². The summed E-state index contributed by atoms with van der Waals surface area (Å²) in [7, 11) is 0. The van der Waals surface area contributed by atoms with Gasteiger partial charge >= 0.3 is 0 Å². The molecule has 2 unspecified atom stereocenters. The molecule has 1 heterocycles. The molecule has 30 heavy (non-hydrogen) atoms. The third-order valence-corrected chi connectivity index (χ3v) is 4.72. The van der Waals surface area contributed by atoms with Gasteiger partial charge in [0.1, 0.15) is 0 Å². The average Bonchev–Trinajstić information content (AvgIpc) is 2.71. The molecule has 0 spiro atoms. The van der Waals surface area contributed by atoms with Crippen LogP contribution in [0.5, 0.6) is 0 Å². The first-order valence-corrected chi connectivity index (χ1v) is 10.6. The van der Waals surface area contributed by atoms with Crippen molar-refractivity contribution in [3.8, 4) is 0 Å². The van der Waals surface area contributed by atoms with Crippen LogP contribution >= 0.6 is 0 Å². The van der Waals surface area contributed by atoms with Gasteiger partial charge in [-0.25, -0.2) is 9.78 Å². The molecule has 164 valence electrons. The Kier molecular flexibility index (Phi) is 7.00. The maximum Gasteiger partial charge on any atom is 0.237 e. The van der Waals surface area contributed by atoms with E-state index < -0.39 is 17.0 Å². The van der Waals surface area contributed by atoms with Crippen molar-refractivity contribution >= 4 is 0 Å². The Labute approximate surface area is 180 Å². The maximum absolute atomic E-state index is 6.05. The maximum atomic E-state index is 6.05. The number of hydrogen-bond donors (Lipinski definition) is 1. The molecule has 1 aliphatic rings. The average molecular weight is 414 g/mol. The third-order valence-electron chi connectivity index (χ3n) is 4.72. The molecule has 1 saturated heterocycles. The summed E-state index contributed by atoms with van der Waals surface area (Å²) in [5.41, 5.74) is 1.38. The fraction of sp³-hybridized carbons (Fsp3) is 0.520. The number of piperidine rings is 1. The second-order valence-electron chi connectivity index (χ2n) is 9.97. The minimum atomic E-state index is -1.06. The summed E-state index contributed by atoms with van der Waals surface area (Å²) in [5.74, 6) is -1.06. The van der Waals surface area contributed by atoms with Crippen molar-refractivity contribution < 1.29 is 19.6 Å². The molecule has 1 fully saturated rings. The predicted molar refractivity (Wildman–Crippen MR) is 117 cm³/mol. The molecule has 2 aromatic rings. The molecule has 1 N–H and O–H groups in total. The van der Waals surface area contributed by atoms with Crippen LogP contribution < -0.4 is 5.32 Å². The molecule has 0 bridgehead atoms. The summed E-state index contributed by atoms with van der Waals surface area (Å²) in [6.07, 6.45) is 1.10. The van der Waals surface area contributed by atoms with E-state index >= 15 is 0 Å². The lowest BCUT2D eigenvalue weighted by Crippen LogP contribution is -2.50. The summed E-state index contributed by atoms with van der Waals surface area (Å²) in [6.45, 7) is 11.7. The number of hydrogen-bond acceptors (Lipinski definition) is 5. The van der Waals surface area contributed by atoms with Gasteiger partial charge in [-0.15, -0.1) is 0 Å². The molecule has 3 rings (SSSR count). The molecule has 1 aliphatic heterocycles. The smallest absolute Gasteiger partial charge is 0.237 e. The minimum Gasteiger partial charge on any atom is -0.303 e. The highest BCUT2D eigenvalue weighted by Crippen LogP contribution is 2.43. The molecule has 0 amide bonds. The third kappa shape index (κ3) is 6.62. The van der Waals surface area contributed by atoms with E-state index in [1.54, 1.807) is 0 Å². The van der Waals surface area contributed by atoms with Gasteiger partial charge in [0.15, 0.2) is 0 Å². The standard InChI is InChI=1S/C25H35NO4/c1-23(2,3)27-29-25(30-28-24(4,5)6)17-21(19-13-9-7-10-14-19)26-22(18-25)20-15-11-8-12-16-20/h7-16,21-22,26H,17-18H2,1-6H3. The Hall–Kier alpha value is -1.76. The van der Waals surface area contributed by atoms with Crippen molar-refractivity contribution in [2.24, 2.45) is 0 Å². The molecule has 2 aromatic carbocycles. The van der Waals surface area contributed by atoms with Gasteiger partial charge in [0.2, 0.25) is 5.79 Å². The van der Waals surface area contributed by atoms with Crippen LogP contribution in [0.25, 0.3) is 0 Å². The van der Waals surface area contributed by atoms with Crippen molar-refractivity contribution in [1.82, 2.24) is 5.32 Å². The van der Waals surface area contributed by atoms with Crippen LogP contribution in [0.4, 0.5) is 0 Å². The van der Waals surface area contributed by atoms with Gasteiger partial charge < -0.3 is 5.32 Å². The Morgan fingerprint density at radius 3 is 1.37 bits per heavy atom. The summed E-state index contributed by atoms with van der Waals surface area (Å²) < 4.78 is 0. The molecular formula is C25H35NO4. The zero-order valence-corrected chi connectivity index (χ0v) is 19.0. The fourth-order valence-corrected chi connectivity index (χ4v) is 3.42. The van der Waals surface area contributed by atoms with Gasteiger partial charge in [-0.2, -0.15) is 9.78 Å². The molecule has 0 aliphatic carbocycles.